The van der Waals surface area contributed by atoms with Crippen molar-refractivity contribution in [2.75, 3.05) is 20.2 Å². The summed E-state index contributed by atoms with van der Waals surface area (Å²) < 4.78 is 5.48. The number of amides is 1. The number of fused-ring (bicyclic) bond motifs is 1. The molecule has 1 saturated carbocycles. The first-order valence-corrected chi connectivity index (χ1v) is 8.23. The lowest BCUT2D eigenvalue weighted by atomic mass is 9.86. The summed E-state index contributed by atoms with van der Waals surface area (Å²) in [5.74, 6) is 1.23. The van der Waals surface area contributed by atoms with E-state index in [1.54, 1.807) is 7.11 Å². The quantitative estimate of drug-likeness (QED) is 0.910. The number of benzene rings is 1. The molecule has 3 rings (SSSR count). The maximum atomic E-state index is 13.0. The first kappa shape index (κ1) is 15.3. The highest BCUT2D eigenvalue weighted by atomic mass is 16.5. The Bertz CT molecular complexity index is 572. The highest BCUT2D eigenvalue weighted by Crippen LogP contribution is 2.39. The summed E-state index contributed by atoms with van der Waals surface area (Å²) in [5, 5.41) is 0. The van der Waals surface area contributed by atoms with Crippen molar-refractivity contribution in [3.8, 4) is 5.75 Å². The fraction of sp³-hybridized carbons (Fsp3) is 0.611. The van der Waals surface area contributed by atoms with Crippen molar-refractivity contribution < 1.29 is 9.53 Å². The van der Waals surface area contributed by atoms with Crippen molar-refractivity contribution in [3.05, 3.63) is 29.3 Å². The molecule has 1 aromatic rings. The maximum absolute atomic E-state index is 13.0. The number of carbonyl (C=O) groups is 1. The summed E-state index contributed by atoms with van der Waals surface area (Å²) in [4.78, 5) is 15.0. The largest absolute Gasteiger partial charge is 0.496 e. The van der Waals surface area contributed by atoms with E-state index in [1.807, 2.05) is 17.0 Å². The minimum Gasteiger partial charge on any atom is -0.496 e. The SMILES string of the molecule is COc1cccc2c1CCN(C(=O)[C@@]1(C)CC[C@H](N)C1)CC2. The van der Waals surface area contributed by atoms with Crippen LogP contribution in [0.15, 0.2) is 18.2 Å². The number of carbonyl (C=O) groups excluding carboxylic acids is 1. The lowest BCUT2D eigenvalue weighted by Gasteiger charge is -2.31. The number of nitrogens with two attached hydrogens (primary N) is 1. The van der Waals surface area contributed by atoms with Crippen LogP contribution in [-0.4, -0.2) is 37.0 Å². The number of nitrogens with zero attached hydrogens (tertiary/aromatic N) is 1. The Kier molecular flexibility index (Phi) is 4.13. The number of rotatable bonds is 2. The Labute approximate surface area is 132 Å². The van der Waals surface area contributed by atoms with Crippen LogP contribution in [-0.2, 0) is 17.6 Å². The van der Waals surface area contributed by atoms with Gasteiger partial charge >= 0.3 is 0 Å². The molecule has 1 aliphatic carbocycles. The van der Waals surface area contributed by atoms with Crippen molar-refractivity contribution in [1.82, 2.24) is 4.90 Å². The smallest absolute Gasteiger partial charge is 0.228 e. The molecule has 1 heterocycles. The van der Waals surface area contributed by atoms with Crippen LogP contribution in [0.3, 0.4) is 0 Å². The second kappa shape index (κ2) is 5.92. The molecule has 0 radical (unpaired) electrons. The van der Waals surface area contributed by atoms with E-state index in [9.17, 15) is 4.79 Å². The fourth-order valence-corrected chi connectivity index (χ4v) is 4.00. The van der Waals surface area contributed by atoms with Gasteiger partial charge in [-0.2, -0.15) is 0 Å². The molecule has 0 aromatic heterocycles. The van der Waals surface area contributed by atoms with Crippen molar-refractivity contribution in [1.29, 1.82) is 0 Å². The van der Waals surface area contributed by atoms with Gasteiger partial charge in [0.05, 0.1) is 7.11 Å². The predicted octanol–water partition coefficient (Wildman–Crippen LogP) is 2.14. The van der Waals surface area contributed by atoms with Gasteiger partial charge in [-0.05, 0) is 49.3 Å². The Morgan fingerprint density at radius 1 is 1.36 bits per heavy atom. The van der Waals surface area contributed by atoms with E-state index in [2.05, 4.69) is 13.0 Å². The normalized spacial score (nSPS) is 28.1. The Balaban J connectivity index is 1.76. The number of hydrogen-bond donors (Lipinski definition) is 1. The number of hydrogen-bond acceptors (Lipinski definition) is 3. The molecule has 1 fully saturated rings. The summed E-state index contributed by atoms with van der Waals surface area (Å²) in [6, 6.07) is 6.37. The van der Waals surface area contributed by atoms with Crippen LogP contribution >= 0.6 is 0 Å². The second-order valence-electron chi connectivity index (χ2n) is 6.95. The van der Waals surface area contributed by atoms with Crippen LogP contribution in [0, 0.1) is 5.41 Å². The van der Waals surface area contributed by atoms with E-state index < -0.39 is 0 Å². The van der Waals surface area contributed by atoms with Crippen molar-refractivity contribution in [2.24, 2.45) is 11.1 Å². The second-order valence-corrected chi connectivity index (χ2v) is 6.95. The molecule has 0 spiro atoms. The van der Waals surface area contributed by atoms with Gasteiger partial charge in [0.2, 0.25) is 5.91 Å². The van der Waals surface area contributed by atoms with Gasteiger partial charge in [-0.25, -0.2) is 0 Å². The minimum absolute atomic E-state index is 0.179. The van der Waals surface area contributed by atoms with Crippen LogP contribution in [0.2, 0.25) is 0 Å². The molecule has 22 heavy (non-hydrogen) atoms. The van der Waals surface area contributed by atoms with Crippen LogP contribution in [0.1, 0.15) is 37.3 Å². The third-order valence-electron chi connectivity index (χ3n) is 5.32. The molecule has 1 amide bonds. The van der Waals surface area contributed by atoms with Crippen LogP contribution in [0.5, 0.6) is 5.75 Å². The first-order valence-electron chi connectivity index (χ1n) is 8.23. The number of ether oxygens (including phenoxy) is 1. The molecule has 2 N–H and O–H groups in total. The van der Waals surface area contributed by atoms with E-state index in [0.29, 0.717) is 0 Å². The lowest BCUT2D eigenvalue weighted by molar-refractivity contribution is -0.140. The molecule has 0 saturated heterocycles. The van der Waals surface area contributed by atoms with Crippen LogP contribution in [0.4, 0.5) is 0 Å². The molecule has 2 aliphatic rings. The van der Waals surface area contributed by atoms with Gasteiger partial charge < -0.3 is 15.4 Å². The average Bonchev–Trinajstić information content (AvgIpc) is 2.74. The summed E-state index contributed by atoms with van der Waals surface area (Å²) >= 11 is 0. The highest BCUT2D eigenvalue weighted by molar-refractivity contribution is 5.83. The van der Waals surface area contributed by atoms with Crippen molar-refractivity contribution in [2.45, 2.75) is 45.1 Å². The first-order chi connectivity index (χ1) is 10.5. The minimum atomic E-state index is -0.264. The molecule has 0 bridgehead atoms. The fourth-order valence-electron chi connectivity index (χ4n) is 4.00. The third-order valence-corrected chi connectivity index (χ3v) is 5.32. The van der Waals surface area contributed by atoms with Gasteiger partial charge in [0.15, 0.2) is 0 Å². The summed E-state index contributed by atoms with van der Waals surface area (Å²) in [7, 11) is 1.71. The molecular weight excluding hydrogens is 276 g/mol. The molecule has 0 unspecified atom stereocenters. The third kappa shape index (κ3) is 2.72. The predicted molar refractivity (Wildman–Crippen MR) is 86.9 cm³/mol. The lowest BCUT2D eigenvalue weighted by Crippen LogP contribution is -2.43. The Morgan fingerprint density at radius 3 is 2.82 bits per heavy atom. The molecule has 1 aromatic carbocycles. The molecule has 4 nitrogen and oxygen atoms in total. The zero-order valence-corrected chi connectivity index (χ0v) is 13.6. The zero-order valence-electron chi connectivity index (χ0n) is 13.6. The maximum Gasteiger partial charge on any atom is 0.228 e. The monoisotopic (exact) mass is 302 g/mol. The summed E-state index contributed by atoms with van der Waals surface area (Å²) in [6.07, 6.45) is 4.47. The molecule has 120 valence electrons. The van der Waals surface area contributed by atoms with Crippen LogP contribution < -0.4 is 10.5 Å². The van der Waals surface area contributed by atoms with E-state index in [0.717, 1.165) is 50.9 Å². The van der Waals surface area contributed by atoms with E-state index in [4.69, 9.17) is 10.5 Å². The van der Waals surface area contributed by atoms with Gasteiger partial charge in [0.1, 0.15) is 5.75 Å². The van der Waals surface area contributed by atoms with E-state index in [-0.39, 0.29) is 17.4 Å². The van der Waals surface area contributed by atoms with Gasteiger partial charge in [-0.15, -0.1) is 0 Å². The van der Waals surface area contributed by atoms with Gasteiger partial charge in [0.25, 0.3) is 0 Å². The van der Waals surface area contributed by atoms with Gasteiger partial charge in [0, 0.05) is 24.5 Å². The molecule has 2 atom stereocenters. The standard InChI is InChI=1S/C18H26N2O2/c1-18(9-6-14(19)12-18)17(21)20-10-7-13-4-3-5-16(22-2)15(13)8-11-20/h3-5,14H,6-12,19H2,1-2H3/t14-,18-/m0/s1. The Morgan fingerprint density at radius 2 is 2.14 bits per heavy atom. The summed E-state index contributed by atoms with van der Waals surface area (Å²) in [6.45, 7) is 3.65. The zero-order chi connectivity index (χ0) is 15.7. The Hall–Kier alpha value is -1.55. The number of methoxy groups -OCH3 is 1. The molecular formula is C18H26N2O2. The van der Waals surface area contributed by atoms with E-state index in [1.165, 1.54) is 11.1 Å². The molecule has 1 aliphatic heterocycles. The van der Waals surface area contributed by atoms with Crippen molar-refractivity contribution in [3.63, 3.8) is 0 Å². The van der Waals surface area contributed by atoms with Gasteiger partial charge in [-0.1, -0.05) is 19.1 Å². The topological polar surface area (TPSA) is 55.6 Å². The average molecular weight is 302 g/mol. The highest BCUT2D eigenvalue weighted by Gasteiger charge is 2.42. The summed E-state index contributed by atoms with van der Waals surface area (Å²) in [5.41, 5.74) is 8.33. The van der Waals surface area contributed by atoms with Crippen LogP contribution in [0.25, 0.3) is 0 Å². The van der Waals surface area contributed by atoms with Crippen molar-refractivity contribution >= 4 is 5.91 Å². The van der Waals surface area contributed by atoms with Gasteiger partial charge in [-0.3, -0.25) is 4.79 Å². The van der Waals surface area contributed by atoms with E-state index >= 15 is 0 Å². The molecule has 4 heteroatoms.